The highest BCUT2D eigenvalue weighted by Gasteiger charge is 2.12. The van der Waals surface area contributed by atoms with Crippen LogP contribution in [0, 0.1) is 0 Å². The molecule has 0 bridgehead atoms. The van der Waals surface area contributed by atoms with E-state index in [-0.39, 0.29) is 0 Å². The van der Waals surface area contributed by atoms with E-state index in [1.807, 2.05) is 17.5 Å². The molecule has 1 aromatic heterocycles. The number of hydrogen-bond acceptors (Lipinski definition) is 3. The number of carbonyl (C=O) groups excluding carboxylic acids is 1. The van der Waals surface area contributed by atoms with Crippen LogP contribution in [0.5, 0.6) is 0 Å². The van der Waals surface area contributed by atoms with E-state index in [1.54, 1.807) is 11.3 Å². The van der Waals surface area contributed by atoms with Gasteiger partial charge >= 0.3 is 0 Å². The molecule has 0 spiro atoms. The highest BCUT2D eigenvalue weighted by atomic mass is 32.1. The van der Waals surface area contributed by atoms with E-state index in [9.17, 15) is 4.79 Å². The Bertz CT molecular complexity index is 313. The summed E-state index contributed by atoms with van der Waals surface area (Å²) in [5.41, 5.74) is 0. The van der Waals surface area contributed by atoms with Gasteiger partial charge in [0.15, 0.2) is 5.78 Å². The average Bonchev–Trinajstić information content (AvgIpc) is 2.71. The zero-order chi connectivity index (χ0) is 11.2. The summed E-state index contributed by atoms with van der Waals surface area (Å²) >= 11 is 1.55. The van der Waals surface area contributed by atoms with E-state index >= 15 is 0 Å². The van der Waals surface area contributed by atoms with Crippen LogP contribution >= 0.6 is 11.3 Å². The number of carbonyl (C=O) groups is 1. The molecule has 1 saturated heterocycles. The number of likely N-dealkylation sites (tertiary alicyclic amines) is 1. The van der Waals surface area contributed by atoms with Gasteiger partial charge in [-0.3, -0.25) is 4.79 Å². The van der Waals surface area contributed by atoms with E-state index in [2.05, 4.69) is 4.90 Å². The molecular weight excluding hydrogens is 218 g/mol. The van der Waals surface area contributed by atoms with E-state index in [0.717, 1.165) is 11.4 Å². The Hall–Kier alpha value is -0.670. The largest absolute Gasteiger partial charge is 0.303 e. The molecule has 0 saturated carbocycles. The van der Waals surface area contributed by atoms with Crippen molar-refractivity contribution in [1.82, 2.24) is 4.90 Å². The first-order valence-electron chi connectivity index (χ1n) is 6.15. The molecule has 0 atom stereocenters. The minimum atomic E-state index is 0.305. The molecule has 3 heteroatoms. The van der Waals surface area contributed by atoms with Crippen LogP contribution in [0.4, 0.5) is 0 Å². The number of nitrogens with zero attached hydrogens (tertiary/aromatic N) is 1. The first kappa shape index (κ1) is 11.8. The lowest BCUT2D eigenvalue weighted by Crippen LogP contribution is -2.27. The van der Waals surface area contributed by atoms with E-state index in [1.165, 1.54) is 38.8 Å². The molecule has 16 heavy (non-hydrogen) atoms. The molecule has 2 nitrogen and oxygen atoms in total. The Labute approximate surface area is 101 Å². The van der Waals surface area contributed by atoms with Crippen molar-refractivity contribution < 1.29 is 4.79 Å². The van der Waals surface area contributed by atoms with Crippen LogP contribution in [-0.4, -0.2) is 30.3 Å². The van der Waals surface area contributed by atoms with Crippen LogP contribution in [0.3, 0.4) is 0 Å². The molecule has 2 rings (SSSR count). The van der Waals surface area contributed by atoms with E-state index < -0.39 is 0 Å². The third-order valence-corrected chi connectivity index (χ3v) is 4.06. The van der Waals surface area contributed by atoms with Gasteiger partial charge in [-0.2, -0.15) is 0 Å². The summed E-state index contributed by atoms with van der Waals surface area (Å²) in [6, 6.07) is 3.87. The maximum absolute atomic E-state index is 11.8. The molecule has 1 aliphatic heterocycles. The summed E-state index contributed by atoms with van der Waals surface area (Å²) in [6.45, 7) is 3.30. The first-order chi connectivity index (χ1) is 7.86. The zero-order valence-electron chi connectivity index (χ0n) is 9.65. The fraction of sp³-hybridized carbons (Fsp3) is 0.615. The van der Waals surface area contributed by atoms with Gasteiger partial charge in [-0.25, -0.2) is 0 Å². The summed E-state index contributed by atoms with van der Waals surface area (Å²) in [7, 11) is 0. The van der Waals surface area contributed by atoms with Gasteiger partial charge in [0.25, 0.3) is 0 Å². The second-order valence-electron chi connectivity index (χ2n) is 4.41. The van der Waals surface area contributed by atoms with Crippen molar-refractivity contribution in [3.8, 4) is 0 Å². The SMILES string of the molecule is O=C(CCN1CCCCCC1)c1cccs1. The molecule has 0 N–H and O–H groups in total. The van der Waals surface area contributed by atoms with Crippen molar-refractivity contribution >= 4 is 17.1 Å². The van der Waals surface area contributed by atoms with E-state index in [4.69, 9.17) is 0 Å². The Kier molecular flexibility index (Phi) is 4.55. The summed E-state index contributed by atoms with van der Waals surface area (Å²) in [6.07, 6.45) is 5.99. The van der Waals surface area contributed by atoms with Crippen LogP contribution in [0.25, 0.3) is 0 Å². The summed E-state index contributed by atoms with van der Waals surface area (Å²) in [5.74, 6) is 0.305. The highest BCUT2D eigenvalue weighted by Crippen LogP contribution is 2.13. The summed E-state index contributed by atoms with van der Waals surface area (Å²) in [4.78, 5) is 15.2. The molecule has 1 aliphatic rings. The maximum Gasteiger partial charge on any atom is 0.174 e. The van der Waals surface area contributed by atoms with Crippen LogP contribution in [0.15, 0.2) is 17.5 Å². The van der Waals surface area contributed by atoms with Gasteiger partial charge in [-0.1, -0.05) is 18.9 Å². The Morgan fingerprint density at radius 3 is 2.62 bits per heavy atom. The monoisotopic (exact) mass is 237 g/mol. The fourth-order valence-corrected chi connectivity index (χ4v) is 2.87. The minimum absolute atomic E-state index is 0.305. The molecule has 0 unspecified atom stereocenters. The predicted octanol–water partition coefficient (Wildman–Crippen LogP) is 3.20. The normalized spacial score (nSPS) is 18.2. The van der Waals surface area contributed by atoms with Crippen molar-refractivity contribution in [3.63, 3.8) is 0 Å². The van der Waals surface area contributed by atoms with Crippen LogP contribution < -0.4 is 0 Å². The number of hydrogen-bond donors (Lipinski definition) is 0. The Morgan fingerprint density at radius 2 is 2.00 bits per heavy atom. The third-order valence-electron chi connectivity index (χ3n) is 3.15. The Morgan fingerprint density at radius 1 is 1.25 bits per heavy atom. The van der Waals surface area contributed by atoms with Gasteiger partial charge in [-0.05, 0) is 37.4 Å². The first-order valence-corrected chi connectivity index (χ1v) is 7.03. The number of rotatable bonds is 4. The number of Topliss-reactive ketones (excluding diaryl/α,β-unsaturated/α-hetero) is 1. The van der Waals surface area contributed by atoms with E-state index in [0.29, 0.717) is 12.2 Å². The molecular formula is C13H19NOS. The number of ketones is 1. The summed E-state index contributed by atoms with van der Waals surface area (Å²) < 4.78 is 0. The number of thiophene rings is 1. The van der Waals surface area contributed by atoms with Gasteiger partial charge in [-0.15, -0.1) is 11.3 Å². The maximum atomic E-state index is 11.8. The zero-order valence-corrected chi connectivity index (χ0v) is 10.5. The quantitative estimate of drug-likeness (QED) is 0.750. The van der Waals surface area contributed by atoms with Crippen molar-refractivity contribution in [1.29, 1.82) is 0 Å². The molecule has 1 aromatic rings. The predicted molar refractivity (Wildman–Crippen MR) is 68.2 cm³/mol. The highest BCUT2D eigenvalue weighted by molar-refractivity contribution is 7.12. The lowest BCUT2D eigenvalue weighted by molar-refractivity contribution is 0.0969. The van der Waals surface area contributed by atoms with Crippen molar-refractivity contribution in [2.75, 3.05) is 19.6 Å². The standard InChI is InChI=1S/C13H19NOS/c15-12(13-6-5-11-16-13)7-10-14-8-3-1-2-4-9-14/h5-6,11H,1-4,7-10H2. The van der Waals surface area contributed by atoms with Crippen molar-refractivity contribution in [3.05, 3.63) is 22.4 Å². The molecule has 0 aliphatic carbocycles. The lowest BCUT2D eigenvalue weighted by Gasteiger charge is -2.18. The topological polar surface area (TPSA) is 20.3 Å². The smallest absolute Gasteiger partial charge is 0.174 e. The van der Waals surface area contributed by atoms with Crippen molar-refractivity contribution in [2.45, 2.75) is 32.1 Å². The molecule has 2 heterocycles. The second kappa shape index (κ2) is 6.16. The molecule has 0 aromatic carbocycles. The second-order valence-corrected chi connectivity index (χ2v) is 5.35. The molecule has 0 amide bonds. The van der Waals surface area contributed by atoms with Gasteiger partial charge < -0.3 is 4.90 Å². The fourth-order valence-electron chi connectivity index (χ4n) is 2.18. The average molecular weight is 237 g/mol. The molecule has 0 radical (unpaired) electrons. The van der Waals surface area contributed by atoms with Crippen LogP contribution in [0.2, 0.25) is 0 Å². The van der Waals surface area contributed by atoms with Gasteiger partial charge in [0, 0.05) is 13.0 Å². The van der Waals surface area contributed by atoms with Gasteiger partial charge in [0.1, 0.15) is 0 Å². The molecule has 1 fully saturated rings. The Balaban J connectivity index is 1.76. The summed E-state index contributed by atoms with van der Waals surface area (Å²) in [5, 5.41) is 1.97. The minimum Gasteiger partial charge on any atom is -0.303 e. The molecule has 88 valence electrons. The third kappa shape index (κ3) is 3.42. The van der Waals surface area contributed by atoms with Crippen LogP contribution in [-0.2, 0) is 0 Å². The van der Waals surface area contributed by atoms with Gasteiger partial charge in [0.2, 0.25) is 0 Å². The lowest BCUT2D eigenvalue weighted by atomic mass is 10.2. The van der Waals surface area contributed by atoms with Crippen LogP contribution in [0.1, 0.15) is 41.8 Å². The van der Waals surface area contributed by atoms with Gasteiger partial charge in [0.05, 0.1) is 4.88 Å². The van der Waals surface area contributed by atoms with Crippen molar-refractivity contribution in [2.24, 2.45) is 0 Å².